The summed E-state index contributed by atoms with van der Waals surface area (Å²) in [7, 11) is 0. The van der Waals surface area contributed by atoms with Crippen LogP contribution in [0.15, 0.2) is 69.8 Å². The van der Waals surface area contributed by atoms with Gasteiger partial charge in [-0.3, -0.25) is 0 Å². The van der Waals surface area contributed by atoms with Gasteiger partial charge in [-0.15, -0.1) is 0 Å². The molecule has 0 spiro atoms. The third-order valence-corrected chi connectivity index (χ3v) is 13.7. The first-order valence-corrected chi connectivity index (χ1v) is 25.6. The molecule has 54 heavy (non-hydrogen) atoms. The van der Waals surface area contributed by atoms with E-state index in [9.17, 15) is 0 Å². The van der Waals surface area contributed by atoms with Crippen molar-refractivity contribution in [1.29, 1.82) is 0 Å². The molecule has 1 aliphatic rings. The Hall–Kier alpha value is -0.600. The van der Waals surface area contributed by atoms with Crippen molar-refractivity contribution in [1.82, 2.24) is 0 Å². The molecule has 0 N–H and O–H groups in total. The van der Waals surface area contributed by atoms with Crippen molar-refractivity contribution in [2.75, 3.05) is 5.33 Å². The van der Waals surface area contributed by atoms with E-state index < -0.39 is 0 Å². The number of halogens is 2. The maximum atomic E-state index is 4.62. The molecule has 0 saturated carbocycles. The van der Waals surface area contributed by atoms with E-state index in [2.05, 4.69) is 104 Å². The standard InChI is InChI=1S/C52H90Br2/c1-8-12-16-20-24-28-32-46(33-29-25-21-17-13-9-2)40-45(7)36-39-50(44(5)6)52(54)51-42-48(37-38-49(51)43-53)41-47(34-30-26-22-18-14-10-3)35-31-27-23-19-15-11-4/h36-37,39,42,46-47,49H,5,7-35,38,40-41,43H2,1-4,6H3/b39-36-,52-50+/t49-/m0/s1. The second-order valence-electron chi connectivity index (χ2n) is 17.3. The zero-order chi connectivity index (χ0) is 39.7. The Morgan fingerprint density at radius 2 is 1.04 bits per heavy atom. The fourth-order valence-electron chi connectivity index (χ4n) is 8.41. The maximum absolute atomic E-state index is 4.62. The molecule has 0 aliphatic heterocycles. The van der Waals surface area contributed by atoms with Crippen LogP contribution in [0.3, 0.4) is 0 Å². The first-order chi connectivity index (χ1) is 26.3. The normalized spacial score (nSPS) is 15.3. The average molecular weight is 875 g/mol. The third-order valence-electron chi connectivity index (χ3n) is 12.0. The first kappa shape index (κ1) is 51.4. The Morgan fingerprint density at radius 1 is 0.630 bits per heavy atom. The number of alkyl halides is 1. The summed E-state index contributed by atoms with van der Waals surface area (Å²) >= 11 is 8.06. The summed E-state index contributed by atoms with van der Waals surface area (Å²) in [5.74, 6) is 2.04. The summed E-state index contributed by atoms with van der Waals surface area (Å²) in [6.45, 7) is 20.5. The predicted molar refractivity (Wildman–Crippen MR) is 255 cm³/mol. The van der Waals surface area contributed by atoms with E-state index in [4.69, 9.17) is 0 Å². The predicted octanol–water partition coefficient (Wildman–Crippen LogP) is 19.6. The van der Waals surface area contributed by atoms with Gasteiger partial charge in [0, 0.05) is 9.81 Å². The van der Waals surface area contributed by atoms with Gasteiger partial charge in [0.1, 0.15) is 0 Å². The lowest BCUT2D eigenvalue weighted by atomic mass is 9.82. The second kappa shape index (κ2) is 35.6. The fourth-order valence-corrected chi connectivity index (χ4v) is 9.93. The monoisotopic (exact) mass is 873 g/mol. The average Bonchev–Trinajstić information content (AvgIpc) is 3.16. The second-order valence-corrected chi connectivity index (χ2v) is 18.8. The van der Waals surface area contributed by atoms with Gasteiger partial charge >= 0.3 is 0 Å². The molecule has 0 heterocycles. The molecular formula is C52H90Br2. The first-order valence-electron chi connectivity index (χ1n) is 23.7. The van der Waals surface area contributed by atoms with Crippen LogP contribution >= 0.6 is 31.9 Å². The molecule has 0 aromatic carbocycles. The van der Waals surface area contributed by atoms with E-state index >= 15 is 0 Å². The number of rotatable bonds is 37. The minimum Gasteiger partial charge on any atom is -0.0958 e. The van der Waals surface area contributed by atoms with Crippen LogP contribution in [0, 0.1) is 17.8 Å². The minimum absolute atomic E-state index is 0.476. The van der Waals surface area contributed by atoms with Crippen LogP contribution in [0.25, 0.3) is 0 Å². The summed E-state index contributed by atoms with van der Waals surface area (Å²) in [6, 6.07) is 0. The molecule has 0 aromatic rings. The third kappa shape index (κ3) is 25.6. The summed E-state index contributed by atoms with van der Waals surface area (Å²) in [5.41, 5.74) is 6.63. The Morgan fingerprint density at radius 3 is 1.44 bits per heavy atom. The molecule has 0 nitrogen and oxygen atoms in total. The van der Waals surface area contributed by atoms with Crippen molar-refractivity contribution in [3.63, 3.8) is 0 Å². The summed E-state index contributed by atoms with van der Waals surface area (Å²) in [5, 5.41) is 0.981. The Kier molecular flexibility index (Phi) is 33.9. The highest BCUT2D eigenvalue weighted by molar-refractivity contribution is 9.12. The minimum atomic E-state index is 0.476. The van der Waals surface area contributed by atoms with Crippen molar-refractivity contribution in [3.05, 3.63) is 69.8 Å². The van der Waals surface area contributed by atoms with Crippen LogP contribution in [-0.2, 0) is 0 Å². The lowest BCUT2D eigenvalue weighted by molar-refractivity contribution is 0.400. The Balaban J connectivity index is 3.07. The van der Waals surface area contributed by atoms with Gasteiger partial charge in [0.2, 0.25) is 0 Å². The Labute approximate surface area is 356 Å². The molecule has 0 aromatic heterocycles. The van der Waals surface area contributed by atoms with E-state index in [1.54, 1.807) is 5.57 Å². The summed E-state index contributed by atoms with van der Waals surface area (Å²) < 4.78 is 1.23. The molecule has 0 unspecified atom stereocenters. The molecule has 1 atom stereocenters. The zero-order valence-electron chi connectivity index (χ0n) is 36.8. The SMILES string of the molecule is C=C(/C=C\C(C(=C)C)=C(/Br)C1=CC(CC(CCCCCCCC)CCCCCCCC)=CC[C@H]1CBr)CC(CCCCCCCC)CCCCCCCC. The van der Waals surface area contributed by atoms with Crippen LogP contribution in [0.1, 0.15) is 234 Å². The number of hydrogen-bond donors (Lipinski definition) is 0. The van der Waals surface area contributed by atoms with E-state index in [0.717, 1.165) is 35.6 Å². The molecule has 0 fully saturated rings. The quantitative estimate of drug-likeness (QED) is 0.0331. The molecule has 0 radical (unpaired) electrons. The lowest BCUT2D eigenvalue weighted by Crippen LogP contribution is -2.12. The molecule has 2 heteroatoms. The van der Waals surface area contributed by atoms with Crippen LogP contribution < -0.4 is 0 Å². The molecule has 1 rings (SSSR count). The van der Waals surface area contributed by atoms with Crippen LogP contribution in [0.5, 0.6) is 0 Å². The van der Waals surface area contributed by atoms with Gasteiger partial charge in [-0.05, 0) is 76.6 Å². The van der Waals surface area contributed by atoms with E-state index in [1.165, 1.54) is 207 Å². The Bertz CT molecular complexity index is 1040. The topological polar surface area (TPSA) is 0 Å². The van der Waals surface area contributed by atoms with Gasteiger partial charge < -0.3 is 0 Å². The van der Waals surface area contributed by atoms with Crippen LogP contribution in [0.4, 0.5) is 0 Å². The van der Waals surface area contributed by atoms with Gasteiger partial charge in [-0.1, -0.05) is 272 Å². The van der Waals surface area contributed by atoms with Crippen molar-refractivity contribution in [2.45, 2.75) is 234 Å². The van der Waals surface area contributed by atoms with E-state index in [-0.39, 0.29) is 0 Å². The van der Waals surface area contributed by atoms with Crippen molar-refractivity contribution in [2.24, 2.45) is 17.8 Å². The number of unbranched alkanes of at least 4 members (excludes halogenated alkanes) is 20. The van der Waals surface area contributed by atoms with Crippen LogP contribution in [-0.4, -0.2) is 5.33 Å². The van der Waals surface area contributed by atoms with Gasteiger partial charge in [0.25, 0.3) is 0 Å². The van der Waals surface area contributed by atoms with Crippen LogP contribution in [0.2, 0.25) is 0 Å². The molecule has 0 saturated heterocycles. The highest BCUT2D eigenvalue weighted by Gasteiger charge is 2.23. The smallest absolute Gasteiger partial charge is 0.0285 e. The van der Waals surface area contributed by atoms with Gasteiger partial charge in [0.05, 0.1) is 0 Å². The molecule has 1 aliphatic carbocycles. The largest absolute Gasteiger partial charge is 0.0958 e. The lowest BCUT2D eigenvalue weighted by Gasteiger charge is -2.26. The molecule has 0 amide bonds. The summed E-state index contributed by atoms with van der Waals surface area (Å²) in [4.78, 5) is 0. The number of hydrogen-bond acceptors (Lipinski definition) is 0. The van der Waals surface area contributed by atoms with E-state index in [0.29, 0.717) is 5.92 Å². The highest BCUT2D eigenvalue weighted by atomic mass is 79.9. The number of allylic oxidation sites excluding steroid dienone is 10. The zero-order valence-corrected chi connectivity index (χ0v) is 40.0. The van der Waals surface area contributed by atoms with Gasteiger partial charge in [-0.25, -0.2) is 0 Å². The maximum Gasteiger partial charge on any atom is 0.0285 e. The van der Waals surface area contributed by atoms with E-state index in [1.807, 2.05) is 0 Å². The van der Waals surface area contributed by atoms with Crippen molar-refractivity contribution in [3.8, 4) is 0 Å². The fraction of sp³-hybridized carbons (Fsp3) is 0.769. The molecular weight excluding hydrogens is 784 g/mol. The van der Waals surface area contributed by atoms with Gasteiger partial charge in [0.15, 0.2) is 0 Å². The van der Waals surface area contributed by atoms with Crippen molar-refractivity contribution < 1.29 is 0 Å². The summed E-state index contributed by atoms with van der Waals surface area (Å²) in [6.07, 6.45) is 52.0. The molecule has 312 valence electrons. The van der Waals surface area contributed by atoms with Crippen molar-refractivity contribution >= 4 is 31.9 Å². The highest BCUT2D eigenvalue weighted by Crippen LogP contribution is 2.39. The molecule has 0 bridgehead atoms. The van der Waals surface area contributed by atoms with Gasteiger partial charge in [-0.2, -0.15) is 0 Å².